The summed E-state index contributed by atoms with van der Waals surface area (Å²) in [7, 11) is 1.56. The number of allylic oxidation sites excluding steroid dienone is 1. The van der Waals surface area contributed by atoms with Gasteiger partial charge >= 0.3 is 0 Å². The molecule has 1 fully saturated rings. The maximum atomic E-state index is 13.5. The van der Waals surface area contributed by atoms with Crippen LogP contribution in [0.25, 0.3) is 5.57 Å². The van der Waals surface area contributed by atoms with Crippen LogP contribution in [0, 0.1) is 0 Å². The first-order valence-corrected chi connectivity index (χ1v) is 9.26. The zero-order chi connectivity index (χ0) is 20.3. The maximum Gasteiger partial charge on any atom is 0.260 e. The molecule has 0 aromatic carbocycles. The Balaban J connectivity index is 2.14. The minimum Gasteiger partial charge on any atom is -0.481 e. The van der Waals surface area contributed by atoms with Gasteiger partial charge in [-0.15, -0.1) is 0 Å². The minimum atomic E-state index is -0.146. The molecule has 0 aliphatic carbocycles. The summed E-state index contributed by atoms with van der Waals surface area (Å²) >= 11 is 0. The third-order valence-corrected chi connectivity index (χ3v) is 4.75. The lowest BCUT2D eigenvalue weighted by molar-refractivity contribution is -0.125. The van der Waals surface area contributed by atoms with Gasteiger partial charge in [-0.2, -0.15) is 0 Å². The number of carbonyl (C=O) groups excluding carboxylic acids is 1. The zero-order valence-corrected chi connectivity index (χ0v) is 16.6. The highest BCUT2D eigenvalue weighted by Crippen LogP contribution is 2.31. The predicted molar refractivity (Wildman–Crippen MR) is 109 cm³/mol. The summed E-state index contributed by atoms with van der Waals surface area (Å²) in [5.74, 6) is 1.03. The molecule has 1 aromatic rings. The standard InChI is InChI=1S/C21H26N4O3/c1-13(2)17-10-18(15-7-8-19(27-4)23-11-15)21(26)25(20(17)24-14(3)22)16-6-5-9-28-12-16/h7-8,10-11,16H,3,5-6,9,12,22H2,1-2,4H3/b24-20+. The van der Waals surface area contributed by atoms with Crippen LogP contribution in [0.15, 0.2) is 52.9 Å². The summed E-state index contributed by atoms with van der Waals surface area (Å²) < 4.78 is 10.8. The molecule has 7 nitrogen and oxygen atoms in total. The summed E-state index contributed by atoms with van der Waals surface area (Å²) in [6.45, 7) is 8.83. The Hall–Kier alpha value is -2.93. The minimum absolute atomic E-state index is 0.108. The number of methoxy groups -OCH3 is 1. The number of nitrogens with zero attached hydrogens (tertiary/aromatic N) is 3. The normalized spacial score (nSPS) is 21.5. The van der Waals surface area contributed by atoms with Crippen LogP contribution in [0.4, 0.5) is 0 Å². The Kier molecular flexibility index (Phi) is 5.94. The van der Waals surface area contributed by atoms with E-state index in [4.69, 9.17) is 15.2 Å². The van der Waals surface area contributed by atoms with Crippen molar-refractivity contribution < 1.29 is 14.3 Å². The molecule has 28 heavy (non-hydrogen) atoms. The molecule has 1 saturated heterocycles. The number of amidine groups is 1. The van der Waals surface area contributed by atoms with Crippen molar-refractivity contribution in [3.8, 4) is 5.88 Å². The molecule has 3 heterocycles. The van der Waals surface area contributed by atoms with Gasteiger partial charge in [-0.1, -0.05) is 12.2 Å². The van der Waals surface area contributed by atoms with E-state index in [2.05, 4.69) is 16.6 Å². The highest BCUT2D eigenvalue weighted by Gasteiger charge is 2.37. The summed E-state index contributed by atoms with van der Waals surface area (Å²) in [6, 6.07) is 3.46. The average Bonchev–Trinajstić information content (AvgIpc) is 2.68. The van der Waals surface area contributed by atoms with E-state index < -0.39 is 0 Å². The Morgan fingerprint density at radius 1 is 1.43 bits per heavy atom. The second-order valence-corrected chi connectivity index (χ2v) is 7.03. The van der Waals surface area contributed by atoms with Crippen LogP contribution in [-0.2, 0) is 9.53 Å². The van der Waals surface area contributed by atoms with Gasteiger partial charge in [-0.3, -0.25) is 9.69 Å². The first-order chi connectivity index (χ1) is 13.4. The highest BCUT2D eigenvalue weighted by molar-refractivity contribution is 6.31. The van der Waals surface area contributed by atoms with Gasteiger partial charge in [0.1, 0.15) is 11.7 Å². The summed E-state index contributed by atoms with van der Waals surface area (Å²) in [5, 5.41) is 0. The highest BCUT2D eigenvalue weighted by atomic mass is 16.5. The van der Waals surface area contributed by atoms with Crippen molar-refractivity contribution in [3.63, 3.8) is 0 Å². The van der Waals surface area contributed by atoms with Crippen molar-refractivity contribution in [2.24, 2.45) is 10.7 Å². The number of nitrogens with two attached hydrogens (primary N) is 1. The van der Waals surface area contributed by atoms with Crippen molar-refractivity contribution >= 4 is 17.3 Å². The molecule has 1 atom stereocenters. The number of carbonyl (C=O) groups is 1. The van der Waals surface area contributed by atoms with Crippen LogP contribution in [-0.4, -0.2) is 48.0 Å². The molecule has 1 unspecified atom stereocenters. The molecule has 2 N–H and O–H groups in total. The second kappa shape index (κ2) is 8.39. The molecule has 3 rings (SSSR count). The van der Waals surface area contributed by atoms with Gasteiger partial charge in [0.05, 0.1) is 19.8 Å². The van der Waals surface area contributed by atoms with E-state index in [9.17, 15) is 4.79 Å². The molecule has 0 spiro atoms. The molecular formula is C21H26N4O3. The molecule has 0 saturated carbocycles. The molecule has 1 aromatic heterocycles. The van der Waals surface area contributed by atoms with Crippen LogP contribution in [0.2, 0.25) is 0 Å². The fourth-order valence-corrected chi connectivity index (χ4v) is 3.38. The lowest BCUT2D eigenvalue weighted by atomic mass is 9.93. The van der Waals surface area contributed by atoms with Crippen LogP contribution in [0.1, 0.15) is 32.3 Å². The summed E-state index contributed by atoms with van der Waals surface area (Å²) in [5.41, 5.74) is 8.93. The number of pyridine rings is 1. The molecule has 0 bridgehead atoms. The maximum absolute atomic E-state index is 13.5. The van der Waals surface area contributed by atoms with Crippen molar-refractivity contribution in [3.05, 3.63) is 53.5 Å². The van der Waals surface area contributed by atoms with E-state index in [1.165, 1.54) is 0 Å². The van der Waals surface area contributed by atoms with Gasteiger partial charge in [0.25, 0.3) is 5.91 Å². The fourth-order valence-electron chi connectivity index (χ4n) is 3.38. The van der Waals surface area contributed by atoms with Gasteiger partial charge in [-0.05, 0) is 38.8 Å². The Bertz CT molecular complexity index is 858. The quantitative estimate of drug-likeness (QED) is 0.865. The second-order valence-electron chi connectivity index (χ2n) is 7.03. The Morgan fingerprint density at radius 3 is 2.75 bits per heavy atom. The fraction of sp³-hybridized carbons (Fsp3) is 0.381. The van der Waals surface area contributed by atoms with Crippen LogP contribution in [0.3, 0.4) is 0 Å². The van der Waals surface area contributed by atoms with Crippen LogP contribution in [0.5, 0.6) is 5.88 Å². The zero-order valence-electron chi connectivity index (χ0n) is 16.6. The lowest BCUT2D eigenvalue weighted by Crippen LogP contribution is -2.51. The first kappa shape index (κ1) is 19.8. The molecular weight excluding hydrogens is 356 g/mol. The third-order valence-electron chi connectivity index (χ3n) is 4.75. The first-order valence-electron chi connectivity index (χ1n) is 9.26. The smallest absolute Gasteiger partial charge is 0.260 e. The van der Waals surface area contributed by atoms with E-state index in [1.807, 2.05) is 26.0 Å². The van der Waals surface area contributed by atoms with Crippen molar-refractivity contribution in [2.45, 2.75) is 32.7 Å². The Labute approximate surface area is 165 Å². The van der Waals surface area contributed by atoms with E-state index in [0.29, 0.717) is 30.5 Å². The summed E-state index contributed by atoms with van der Waals surface area (Å²) in [4.78, 5) is 23.9. The number of aromatic nitrogens is 1. The molecule has 7 heteroatoms. The number of rotatable bonds is 4. The number of aliphatic imine (C=N–C) groups is 1. The Morgan fingerprint density at radius 2 is 2.21 bits per heavy atom. The van der Waals surface area contributed by atoms with Crippen molar-refractivity contribution in [1.82, 2.24) is 9.88 Å². The van der Waals surface area contributed by atoms with Gasteiger partial charge in [0, 0.05) is 35.6 Å². The van der Waals surface area contributed by atoms with Gasteiger partial charge in [-0.25, -0.2) is 9.98 Å². The number of amides is 1. The SMILES string of the molecule is C=C(N)/N=C1\C(=C(C)C)C=C(c2ccc(OC)nc2)C(=O)N1C1CCCOC1. The molecule has 2 aliphatic heterocycles. The largest absolute Gasteiger partial charge is 0.481 e. The van der Waals surface area contributed by atoms with Gasteiger partial charge < -0.3 is 15.2 Å². The van der Waals surface area contributed by atoms with E-state index in [0.717, 1.165) is 29.6 Å². The lowest BCUT2D eigenvalue weighted by Gasteiger charge is -2.38. The third kappa shape index (κ3) is 3.99. The van der Waals surface area contributed by atoms with Crippen LogP contribution < -0.4 is 10.5 Å². The van der Waals surface area contributed by atoms with E-state index >= 15 is 0 Å². The molecule has 1 amide bonds. The van der Waals surface area contributed by atoms with Crippen LogP contribution >= 0.6 is 0 Å². The monoisotopic (exact) mass is 382 g/mol. The topological polar surface area (TPSA) is 90.0 Å². The van der Waals surface area contributed by atoms with E-state index in [-0.39, 0.29) is 17.8 Å². The summed E-state index contributed by atoms with van der Waals surface area (Å²) in [6.07, 6.45) is 5.22. The average molecular weight is 382 g/mol. The van der Waals surface area contributed by atoms with E-state index in [1.54, 1.807) is 24.3 Å². The number of hydrogen-bond donors (Lipinski definition) is 1. The molecule has 0 radical (unpaired) electrons. The van der Waals surface area contributed by atoms with Crippen molar-refractivity contribution in [2.75, 3.05) is 20.3 Å². The van der Waals surface area contributed by atoms with Gasteiger partial charge in [0.15, 0.2) is 0 Å². The number of ether oxygens (including phenoxy) is 2. The predicted octanol–water partition coefficient (Wildman–Crippen LogP) is 2.66. The molecule has 2 aliphatic rings. The number of hydrogen-bond acceptors (Lipinski definition) is 6. The molecule has 148 valence electrons. The van der Waals surface area contributed by atoms with Crippen molar-refractivity contribution in [1.29, 1.82) is 0 Å². The van der Waals surface area contributed by atoms with Gasteiger partial charge in [0.2, 0.25) is 5.88 Å².